The first-order chi connectivity index (χ1) is 7.81. The molecule has 0 amide bonds. The largest absolute Gasteiger partial charge is 0.426 e. The Morgan fingerprint density at radius 3 is 3.12 bits per heavy atom. The van der Waals surface area contributed by atoms with E-state index >= 15 is 0 Å². The summed E-state index contributed by atoms with van der Waals surface area (Å²) < 4.78 is 5.58. The monoisotopic (exact) mass is 255 g/mol. The Labute approximate surface area is 105 Å². The van der Waals surface area contributed by atoms with Gasteiger partial charge in [-0.15, -0.1) is 0 Å². The van der Waals surface area contributed by atoms with Crippen molar-refractivity contribution < 1.29 is 4.18 Å². The summed E-state index contributed by atoms with van der Waals surface area (Å²) in [6.07, 6.45) is 4.24. The average Bonchev–Trinajstić information content (AvgIpc) is 2.73. The number of hydrogen-bond donors (Lipinski definition) is 1. The van der Waals surface area contributed by atoms with Crippen molar-refractivity contribution in [3.8, 4) is 5.75 Å². The van der Waals surface area contributed by atoms with Gasteiger partial charge in [0.1, 0.15) is 5.75 Å². The van der Waals surface area contributed by atoms with Crippen molar-refractivity contribution in [3.63, 3.8) is 0 Å². The maximum Gasteiger partial charge on any atom is 0.140 e. The van der Waals surface area contributed by atoms with Crippen LogP contribution in [0.25, 0.3) is 10.9 Å². The number of hydrogen-bond acceptors (Lipinski definition) is 2. The van der Waals surface area contributed by atoms with E-state index in [1.165, 1.54) is 24.9 Å². The van der Waals surface area contributed by atoms with Gasteiger partial charge in [0.25, 0.3) is 0 Å². The quantitative estimate of drug-likeness (QED) is 0.622. The lowest BCUT2D eigenvalue weighted by atomic mass is 10.2. The van der Waals surface area contributed by atoms with E-state index in [4.69, 9.17) is 15.8 Å². The van der Waals surface area contributed by atoms with E-state index in [1.54, 1.807) is 0 Å². The van der Waals surface area contributed by atoms with Crippen molar-refractivity contribution in [2.45, 2.75) is 19.8 Å². The molecule has 0 fully saturated rings. The topological polar surface area (TPSA) is 25.0 Å². The lowest BCUT2D eigenvalue weighted by Crippen LogP contribution is -1.85. The molecule has 0 saturated carbocycles. The third-order valence-electron chi connectivity index (χ3n) is 2.33. The second-order valence-corrected chi connectivity index (χ2v) is 4.82. The van der Waals surface area contributed by atoms with Gasteiger partial charge < -0.3 is 9.17 Å². The number of rotatable bonds is 5. The van der Waals surface area contributed by atoms with Gasteiger partial charge in [-0.05, 0) is 12.5 Å². The van der Waals surface area contributed by atoms with E-state index in [9.17, 15) is 0 Å². The molecule has 0 aliphatic heterocycles. The third kappa shape index (κ3) is 2.66. The molecule has 2 rings (SSSR count). The molecule has 0 radical (unpaired) electrons. The fourth-order valence-corrected chi connectivity index (χ4v) is 2.45. The zero-order valence-electron chi connectivity index (χ0n) is 9.13. The number of fused-ring (bicyclic) bond motifs is 1. The highest BCUT2D eigenvalue weighted by Crippen LogP contribution is 2.30. The van der Waals surface area contributed by atoms with Crippen LogP contribution in [0, 0.1) is 0 Å². The van der Waals surface area contributed by atoms with Crippen LogP contribution < -0.4 is 4.18 Å². The van der Waals surface area contributed by atoms with E-state index in [0.29, 0.717) is 0 Å². The third-order valence-corrected chi connectivity index (χ3v) is 3.41. The van der Waals surface area contributed by atoms with E-state index in [2.05, 4.69) is 11.9 Å². The minimum absolute atomic E-state index is 0.727. The lowest BCUT2D eigenvalue weighted by Gasteiger charge is -2.04. The molecule has 16 heavy (non-hydrogen) atoms. The van der Waals surface area contributed by atoms with Crippen molar-refractivity contribution in [1.82, 2.24) is 4.98 Å². The smallest absolute Gasteiger partial charge is 0.140 e. The van der Waals surface area contributed by atoms with Crippen LogP contribution in [0.15, 0.2) is 24.4 Å². The highest BCUT2D eigenvalue weighted by atomic mass is 35.5. The molecular weight excluding hydrogens is 242 g/mol. The molecule has 86 valence electrons. The number of nitrogens with one attached hydrogen (secondary N) is 1. The number of aromatic amines is 1. The van der Waals surface area contributed by atoms with E-state index < -0.39 is 0 Å². The molecule has 1 heterocycles. The molecule has 0 aliphatic rings. The highest BCUT2D eigenvalue weighted by Gasteiger charge is 2.04. The fraction of sp³-hybridized carbons (Fsp3) is 0.333. The summed E-state index contributed by atoms with van der Waals surface area (Å²) in [5, 5.41) is 1.76. The van der Waals surface area contributed by atoms with Crippen LogP contribution in [0.2, 0.25) is 5.02 Å². The molecule has 0 aliphatic carbocycles. The maximum atomic E-state index is 6.13. The van der Waals surface area contributed by atoms with Gasteiger partial charge in [-0.3, -0.25) is 0 Å². The molecule has 0 saturated heterocycles. The van der Waals surface area contributed by atoms with Crippen LogP contribution in [-0.2, 0) is 0 Å². The number of H-pyrrole nitrogens is 1. The van der Waals surface area contributed by atoms with Crippen molar-refractivity contribution in [2.75, 3.05) is 5.75 Å². The summed E-state index contributed by atoms with van der Waals surface area (Å²) in [6.45, 7) is 2.17. The number of aromatic nitrogens is 1. The second kappa shape index (κ2) is 5.51. The van der Waals surface area contributed by atoms with E-state index in [-0.39, 0.29) is 0 Å². The Balaban J connectivity index is 2.06. The zero-order valence-corrected chi connectivity index (χ0v) is 10.7. The van der Waals surface area contributed by atoms with Crippen LogP contribution in [0.1, 0.15) is 19.8 Å². The SMILES string of the molecule is CCCCSOc1cc(Cl)c2cc[nH]c2c1. The highest BCUT2D eigenvalue weighted by molar-refractivity contribution is 7.95. The standard InChI is InChI=1S/C12H14ClNOS/c1-2-3-6-16-15-9-7-11(13)10-4-5-14-12(10)8-9/h4-5,7-8,14H,2-3,6H2,1H3. The normalized spacial score (nSPS) is 10.9. The Morgan fingerprint density at radius 2 is 2.31 bits per heavy atom. The van der Waals surface area contributed by atoms with E-state index in [1.807, 2.05) is 24.4 Å². The maximum absolute atomic E-state index is 6.13. The predicted octanol–water partition coefficient (Wildman–Crippen LogP) is 4.65. The van der Waals surface area contributed by atoms with Crippen LogP contribution >= 0.6 is 23.6 Å². The minimum Gasteiger partial charge on any atom is -0.426 e. The van der Waals surface area contributed by atoms with Gasteiger partial charge in [0.15, 0.2) is 0 Å². The Bertz CT molecular complexity index is 469. The predicted molar refractivity (Wildman–Crippen MR) is 71.3 cm³/mol. The van der Waals surface area contributed by atoms with Gasteiger partial charge in [-0.25, -0.2) is 0 Å². The van der Waals surface area contributed by atoms with Gasteiger partial charge in [0, 0.05) is 29.5 Å². The second-order valence-electron chi connectivity index (χ2n) is 3.60. The number of unbranched alkanes of at least 4 members (excludes halogenated alkanes) is 1. The molecule has 1 aromatic heterocycles. The number of halogens is 1. The van der Waals surface area contributed by atoms with Crippen LogP contribution in [0.4, 0.5) is 0 Å². The Hall–Kier alpha value is -0.800. The molecule has 1 aromatic carbocycles. The molecule has 0 spiro atoms. The first-order valence-corrected chi connectivity index (χ1v) is 6.66. The lowest BCUT2D eigenvalue weighted by molar-refractivity contribution is 0.644. The summed E-state index contributed by atoms with van der Waals surface area (Å²) >= 11 is 7.61. The van der Waals surface area contributed by atoms with Crippen molar-refractivity contribution in [2.24, 2.45) is 0 Å². The molecule has 4 heteroatoms. The van der Waals surface area contributed by atoms with Gasteiger partial charge in [0.05, 0.1) is 22.6 Å². The molecule has 0 bridgehead atoms. The average molecular weight is 256 g/mol. The van der Waals surface area contributed by atoms with Crippen molar-refractivity contribution >= 4 is 34.5 Å². The summed E-state index contributed by atoms with van der Waals surface area (Å²) in [4.78, 5) is 3.13. The van der Waals surface area contributed by atoms with Gasteiger partial charge in [-0.1, -0.05) is 24.9 Å². The summed E-state index contributed by atoms with van der Waals surface area (Å²) in [5.41, 5.74) is 1.01. The summed E-state index contributed by atoms with van der Waals surface area (Å²) in [7, 11) is 0. The summed E-state index contributed by atoms with van der Waals surface area (Å²) in [6, 6.07) is 5.79. The van der Waals surface area contributed by atoms with Crippen LogP contribution in [0.3, 0.4) is 0 Å². The Morgan fingerprint density at radius 1 is 1.44 bits per heavy atom. The minimum atomic E-state index is 0.727. The molecule has 2 aromatic rings. The van der Waals surface area contributed by atoms with Crippen molar-refractivity contribution in [3.05, 3.63) is 29.4 Å². The van der Waals surface area contributed by atoms with Gasteiger partial charge in [0.2, 0.25) is 0 Å². The summed E-state index contributed by atoms with van der Waals surface area (Å²) in [5.74, 6) is 1.82. The van der Waals surface area contributed by atoms with E-state index in [0.717, 1.165) is 27.4 Å². The molecule has 1 N–H and O–H groups in total. The number of benzene rings is 1. The Kier molecular flexibility index (Phi) is 4.02. The molecular formula is C12H14ClNOS. The first kappa shape index (κ1) is 11.7. The van der Waals surface area contributed by atoms with Crippen molar-refractivity contribution in [1.29, 1.82) is 0 Å². The van der Waals surface area contributed by atoms with Gasteiger partial charge in [-0.2, -0.15) is 0 Å². The zero-order chi connectivity index (χ0) is 11.4. The van der Waals surface area contributed by atoms with Crippen LogP contribution in [0.5, 0.6) is 5.75 Å². The van der Waals surface area contributed by atoms with Gasteiger partial charge >= 0.3 is 0 Å². The fourth-order valence-electron chi connectivity index (χ4n) is 1.46. The first-order valence-electron chi connectivity index (χ1n) is 5.37. The molecule has 2 nitrogen and oxygen atoms in total. The molecule has 0 unspecified atom stereocenters. The molecule has 0 atom stereocenters. The van der Waals surface area contributed by atoms with Crippen LogP contribution in [-0.4, -0.2) is 10.7 Å².